The first-order valence-electron chi connectivity index (χ1n) is 7.00. The fourth-order valence-electron chi connectivity index (χ4n) is 1.84. The Labute approximate surface area is 139 Å². The van der Waals surface area contributed by atoms with Crippen LogP contribution >= 0.6 is 11.6 Å². The number of ketones is 2. The lowest BCUT2D eigenvalue weighted by Crippen LogP contribution is -2.36. The fourth-order valence-corrected chi connectivity index (χ4v) is 1.97. The maximum absolute atomic E-state index is 14.2. The largest absolute Gasteiger partial charge is 0.477 e. The van der Waals surface area contributed by atoms with Crippen LogP contribution in [-0.4, -0.2) is 17.2 Å². The highest BCUT2D eigenvalue weighted by Gasteiger charge is 2.27. The Kier molecular flexibility index (Phi) is 4.85. The van der Waals surface area contributed by atoms with Crippen molar-refractivity contribution in [2.45, 2.75) is 26.4 Å². The van der Waals surface area contributed by atoms with Crippen molar-refractivity contribution in [1.82, 2.24) is 0 Å². The van der Waals surface area contributed by atoms with Crippen molar-refractivity contribution >= 4 is 23.2 Å². The summed E-state index contributed by atoms with van der Waals surface area (Å²) < 4.78 is 19.6. The molecule has 0 aliphatic carbocycles. The second-order valence-electron chi connectivity index (χ2n) is 5.65. The van der Waals surface area contributed by atoms with E-state index in [0.717, 1.165) is 6.07 Å². The van der Waals surface area contributed by atoms with E-state index in [2.05, 4.69) is 0 Å². The summed E-state index contributed by atoms with van der Waals surface area (Å²) in [7, 11) is 0. The molecule has 5 heteroatoms. The second-order valence-corrected chi connectivity index (χ2v) is 6.09. The van der Waals surface area contributed by atoms with Crippen LogP contribution in [0.15, 0.2) is 42.5 Å². The third-order valence-corrected chi connectivity index (χ3v) is 3.77. The first-order chi connectivity index (χ1) is 10.7. The number of carbonyl (C=O) groups is 2. The quantitative estimate of drug-likeness (QED) is 0.759. The lowest BCUT2D eigenvalue weighted by molar-refractivity contribution is -0.129. The molecule has 0 radical (unpaired) electrons. The normalized spacial score (nSPS) is 11.2. The van der Waals surface area contributed by atoms with E-state index in [1.165, 1.54) is 19.1 Å². The van der Waals surface area contributed by atoms with Gasteiger partial charge >= 0.3 is 0 Å². The van der Waals surface area contributed by atoms with Crippen LogP contribution in [0.5, 0.6) is 5.75 Å². The van der Waals surface area contributed by atoms with Crippen molar-refractivity contribution in [2.75, 3.05) is 0 Å². The number of benzene rings is 2. The molecule has 2 aromatic carbocycles. The van der Waals surface area contributed by atoms with E-state index in [1.807, 2.05) is 0 Å². The van der Waals surface area contributed by atoms with Crippen molar-refractivity contribution in [2.24, 2.45) is 0 Å². The van der Waals surface area contributed by atoms with Crippen LogP contribution in [0.25, 0.3) is 0 Å². The maximum atomic E-state index is 14.2. The minimum absolute atomic E-state index is 0.0714. The monoisotopic (exact) mass is 333 g/mol. The molecule has 0 aliphatic rings. The second kappa shape index (κ2) is 6.50. The van der Waals surface area contributed by atoms with Crippen molar-refractivity contribution in [3.63, 3.8) is 0 Å². The first-order valence-corrected chi connectivity index (χ1v) is 7.38. The molecule has 0 aliphatic heterocycles. The molecule has 120 valence electrons. The van der Waals surface area contributed by atoms with E-state index in [0.29, 0.717) is 10.6 Å². The molecule has 0 heterocycles. The minimum Gasteiger partial charge on any atom is -0.477 e. The third kappa shape index (κ3) is 3.96. The van der Waals surface area contributed by atoms with Gasteiger partial charge in [-0.05, 0) is 63.2 Å². The average molecular weight is 334 g/mol. The van der Waals surface area contributed by atoms with Crippen molar-refractivity contribution in [3.8, 4) is 5.75 Å². The molecule has 0 saturated carbocycles. The van der Waals surface area contributed by atoms with Crippen LogP contribution in [0.3, 0.4) is 0 Å². The predicted molar refractivity (Wildman–Crippen MR) is 86.7 cm³/mol. The SMILES string of the molecule is CC(=O)C(C)(C)Oc1ccc(C(=O)c2ccc(Cl)cc2)cc1[18F]. The van der Waals surface area contributed by atoms with Gasteiger partial charge in [-0.15, -0.1) is 0 Å². The molecule has 0 N–H and O–H groups in total. The molecule has 23 heavy (non-hydrogen) atoms. The molecule has 0 unspecified atom stereocenters. The molecular formula is C18H16ClFO3. The molecule has 0 atom stereocenters. The molecule has 0 spiro atoms. The summed E-state index contributed by atoms with van der Waals surface area (Å²) in [5.74, 6) is -1.31. The molecule has 3 nitrogen and oxygen atoms in total. The Morgan fingerprint density at radius 3 is 2.13 bits per heavy atom. The van der Waals surface area contributed by atoms with Gasteiger partial charge < -0.3 is 4.74 Å². The van der Waals surface area contributed by atoms with Gasteiger partial charge in [0.25, 0.3) is 0 Å². The van der Waals surface area contributed by atoms with Crippen LogP contribution in [-0.2, 0) is 4.79 Å². The van der Waals surface area contributed by atoms with Crippen LogP contribution in [0.1, 0.15) is 36.7 Å². The zero-order valence-electron chi connectivity index (χ0n) is 13.0. The fraction of sp³-hybridized carbons (Fsp3) is 0.222. The summed E-state index contributed by atoms with van der Waals surface area (Å²) in [6.45, 7) is 4.49. The highest BCUT2D eigenvalue weighted by molar-refractivity contribution is 6.30. The molecule has 2 rings (SSSR count). The van der Waals surface area contributed by atoms with Gasteiger partial charge in [0.15, 0.2) is 28.7 Å². The number of hydrogen-bond donors (Lipinski definition) is 0. The van der Waals surface area contributed by atoms with Gasteiger partial charge in [0.1, 0.15) is 0 Å². The molecule has 0 aromatic heterocycles. The van der Waals surface area contributed by atoms with E-state index < -0.39 is 11.4 Å². The predicted octanol–water partition coefficient (Wildman–Crippen LogP) is 4.46. The van der Waals surface area contributed by atoms with Crippen LogP contribution in [0.2, 0.25) is 5.02 Å². The Balaban J connectivity index is 2.27. The molecule has 0 saturated heterocycles. The highest BCUT2D eigenvalue weighted by Crippen LogP contribution is 2.25. The number of hydrogen-bond acceptors (Lipinski definition) is 3. The van der Waals surface area contributed by atoms with Crippen molar-refractivity contribution in [1.29, 1.82) is 0 Å². The lowest BCUT2D eigenvalue weighted by atomic mass is 10.0. The van der Waals surface area contributed by atoms with E-state index in [4.69, 9.17) is 16.3 Å². The van der Waals surface area contributed by atoms with Gasteiger partial charge in [0, 0.05) is 16.1 Å². The van der Waals surface area contributed by atoms with E-state index in [1.54, 1.807) is 38.1 Å². The number of rotatable bonds is 5. The maximum Gasteiger partial charge on any atom is 0.193 e. The topological polar surface area (TPSA) is 43.4 Å². The molecule has 0 amide bonds. The van der Waals surface area contributed by atoms with Gasteiger partial charge in [-0.2, -0.15) is 0 Å². The average Bonchev–Trinajstić information content (AvgIpc) is 2.49. The zero-order chi connectivity index (χ0) is 17.2. The molecule has 0 bridgehead atoms. The van der Waals surface area contributed by atoms with Gasteiger partial charge in [-0.3, -0.25) is 9.59 Å². The summed E-state index contributed by atoms with van der Waals surface area (Å²) in [6, 6.07) is 10.3. The van der Waals surface area contributed by atoms with Crippen LogP contribution in [0.4, 0.5) is 4.39 Å². The third-order valence-electron chi connectivity index (χ3n) is 3.51. The summed E-state index contributed by atoms with van der Waals surface area (Å²) in [5, 5.41) is 0.517. The van der Waals surface area contributed by atoms with Crippen molar-refractivity contribution in [3.05, 3.63) is 64.4 Å². The van der Waals surface area contributed by atoms with Gasteiger partial charge in [-0.1, -0.05) is 11.6 Å². The highest BCUT2D eigenvalue weighted by atomic mass is 35.5. The van der Waals surface area contributed by atoms with Gasteiger partial charge in [0.05, 0.1) is 0 Å². The van der Waals surface area contributed by atoms with Gasteiger partial charge in [0.2, 0.25) is 0 Å². The molecule has 0 fully saturated rings. The Hall–Kier alpha value is -2.20. The van der Waals surface area contributed by atoms with Crippen LogP contribution in [0, 0.1) is 5.82 Å². The minimum atomic E-state index is -1.14. The van der Waals surface area contributed by atoms with Crippen LogP contribution < -0.4 is 4.74 Å². The Morgan fingerprint density at radius 2 is 1.61 bits per heavy atom. The van der Waals surface area contributed by atoms with E-state index in [-0.39, 0.29) is 22.9 Å². The molecular weight excluding hydrogens is 318 g/mol. The Bertz CT molecular complexity index is 751. The summed E-state index contributed by atoms with van der Waals surface area (Å²) >= 11 is 5.78. The molecule has 2 aromatic rings. The smallest absolute Gasteiger partial charge is 0.193 e. The Morgan fingerprint density at radius 1 is 1.04 bits per heavy atom. The summed E-state index contributed by atoms with van der Waals surface area (Å²) in [5.41, 5.74) is -0.535. The number of ether oxygens (including phenoxy) is 1. The lowest BCUT2D eigenvalue weighted by Gasteiger charge is -2.23. The first kappa shape index (κ1) is 17.2. The standard InChI is InChI=1S/C18H16ClFO3/c1-11(21)18(2,3)23-16-9-6-13(10-15(16)20)17(22)12-4-7-14(19)8-5-12/h4-10H,1-3H3/i20-1. The van der Waals surface area contributed by atoms with E-state index >= 15 is 0 Å². The zero-order valence-corrected chi connectivity index (χ0v) is 13.8. The summed E-state index contributed by atoms with van der Waals surface area (Å²) in [4.78, 5) is 23.8. The number of Topliss-reactive ketones (excluding diaryl/α,β-unsaturated/α-hetero) is 1. The van der Waals surface area contributed by atoms with E-state index in [9.17, 15) is 14.0 Å². The number of carbonyl (C=O) groups excluding carboxylic acids is 2. The number of halogens is 2. The van der Waals surface area contributed by atoms with Gasteiger partial charge in [-0.25, -0.2) is 4.39 Å². The summed E-state index contributed by atoms with van der Waals surface area (Å²) in [6.07, 6.45) is 0. The van der Waals surface area contributed by atoms with Crippen molar-refractivity contribution < 1.29 is 18.7 Å².